The largest absolute Gasteiger partial charge is 0.487 e. The summed E-state index contributed by atoms with van der Waals surface area (Å²) in [5.41, 5.74) is 8.71. The first-order valence-electron chi connectivity index (χ1n) is 11.0. The van der Waals surface area contributed by atoms with Crippen LogP contribution < -0.4 is 15.8 Å². The minimum atomic E-state index is -0.142. The summed E-state index contributed by atoms with van der Waals surface area (Å²) in [6.07, 6.45) is 5.62. The monoisotopic (exact) mass is 465 g/mol. The summed E-state index contributed by atoms with van der Waals surface area (Å²) >= 11 is 1.66. The maximum Gasteiger partial charge on any atom is 0.225 e. The van der Waals surface area contributed by atoms with E-state index in [1.54, 1.807) is 28.8 Å². The highest BCUT2D eigenvalue weighted by atomic mass is 32.1. The van der Waals surface area contributed by atoms with Crippen LogP contribution in [0.25, 0.3) is 21.1 Å². The van der Waals surface area contributed by atoms with Crippen molar-refractivity contribution in [2.45, 2.75) is 32.3 Å². The third kappa shape index (κ3) is 4.00. The summed E-state index contributed by atoms with van der Waals surface area (Å²) in [4.78, 5) is 25.5. The molecule has 0 radical (unpaired) electrons. The summed E-state index contributed by atoms with van der Waals surface area (Å²) < 4.78 is 6.10. The van der Waals surface area contributed by atoms with Gasteiger partial charge in [-0.3, -0.25) is 9.89 Å². The predicted molar refractivity (Wildman–Crippen MR) is 130 cm³/mol. The molecule has 1 aliphatic carbocycles. The number of nitrogens with two attached hydrogens (primary N) is 1. The van der Waals surface area contributed by atoms with E-state index in [1.807, 2.05) is 33.2 Å². The minimum Gasteiger partial charge on any atom is -0.487 e. The number of hydrogen-bond donors (Lipinski definition) is 3. The van der Waals surface area contributed by atoms with Crippen LogP contribution in [-0.4, -0.2) is 57.7 Å². The number of nitrogens with zero attached hydrogens (tertiary/aromatic N) is 4. The van der Waals surface area contributed by atoms with E-state index in [1.165, 1.54) is 10.4 Å². The van der Waals surface area contributed by atoms with Crippen LogP contribution in [0.2, 0.25) is 0 Å². The summed E-state index contributed by atoms with van der Waals surface area (Å²) in [5, 5.41) is 12.6. The van der Waals surface area contributed by atoms with Gasteiger partial charge in [0.1, 0.15) is 28.8 Å². The standard InChI is InChI=1S/C23H27N7O2S/c1-12(9-24)32-18-8-16-14(10-27-29-16)6-17(18)28-21-20-15-5-4-13(23(31)30(2)3)7-19(15)33-22(20)26-11-25-21/h6,8,10-13H,4-5,7,9,24H2,1-3H3,(H,27,29)(H,25,26,28)/t12-,13+/m1/s1. The van der Waals surface area contributed by atoms with Gasteiger partial charge in [0.25, 0.3) is 0 Å². The summed E-state index contributed by atoms with van der Waals surface area (Å²) in [7, 11) is 3.64. The quantitative estimate of drug-likeness (QED) is 0.400. The van der Waals surface area contributed by atoms with E-state index < -0.39 is 0 Å². The Morgan fingerprint density at radius 1 is 1.39 bits per heavy atom. The smallest absolute Gasteiger partial charge is 0.225 e. The molecule has 0 unspecified atom stereocenters. The molecule has 0 saturated carbocycles. The van der Waals surface area contributed by atoms with Crippen molar-refractivity contribution in [1.82, 2.24) is 25.1 Å². The summed E-state index contributed by atoms with van der Waals surface area (Å²) in [5.74, 6) is 1.62. The topological polar surface area (TPSA) is 122 Å². The van der Waals surface area contributed by atoms with Crippen LogP contribution in [0.5, 0.6) is 5.75 Å². The summed E-state index contributed by atoms with van der Waals surface area (Å²) in [6, 6.07) is 3.92. The van der Waals surface area contributed by atoms with E-state index in [-0.39, 0.29) is 17.9 Å². The molecular formula is C23H27N7O2S. The first-order chi connectivity index (χ1) is 15.9. The van der Waals surface area contributed by atoms with Crippen molar-refractivity contribution in [2.75, 3.05) is 26.0 Å². The molecule has 0 saturated heterocycles. The Labute approximate surface area is 195 Å². The fourth-order valence-electron chi connectivity index (χ4n) is 4.34. The maximum atomic E-state index is 12.5. The number of hydrogen-bond acceptors (Lipinski definition) is 8. The van der Waals surface area contributed by atoms with Crippen LogP contribution in [-0.2, 0) is 17.6 Å². The van der Waals surface area contributed by atoms with Gasteiger partial charge < -0.3 is 20.7 Å². The van der Waals surface area contributed by atoms with Crippen LogP contribution in [0, 0.1) is 5.92 Å². The van der Waals surface area contributed by atoms with Crippen molar-refractivity contribution in [3.05, 3.63) is 35.1 Å². The molecule has 33 heavy (non-hydrogen) atoms. The average molecular weight is 466 g/mol. The van der Waals surface area contributed by atoms with Crippen molar-refractivity contribution in [2.24, 2.45) is 11.7 Å². The maximum absolute atomic E-state index is 12.5. The summed E-state index contributed by atoms with van der Waals surface area (Å²) in [6.45, 7) is 2.34. The lowest BCUT2D eigenvalue weighted by Gasteiger charge is -2.24. The third-order valence-electron chi connectivity index (χ3n) is 6.09. The number of benzene rings is 1. The van der Waals surface area contributed by atoms with Crippen molar-refractivity contribution in [1.29, 1.82) is 0 Å². The zero-order valence-electron chi connectivity index (χ0n) is 18.9. The lowest BCUT2D eigenvalue weighted by atomic mass is 9.87. The van der Waals surface area contributed by atoms with Gasteiger partial charge in [0.2, 0.25) is 5.91 Å². The number of amides is 1. The highest BCUT2D eigenvalue weighted by Gasteiger charge is 2.30. The molecule has 9 nitrogen and oxygen atoms in total. The Morgan fingerprint density at radius 3 is 3.03 bits per heavy atom. The molecule has 3 aromatic heterocycles. The number of aromatic nitrogens is 4. The highest BCUT2D eigenvalue weighted by Crippen LogP contribution is 2.42. The number of carbonyl (C=O) groups excluding carboxylic acids is 1. The Kier molecular flexibility index (Phi) is 5.63. The number of nitrogens with one attached hydrogen (secondary N) is 2. The molecule has 0 bridgehead atoms. The normalized spacial score (nSPS) is 16.5. The SMILES string of the molecule is C[C@H](CN)Oc1cc2[nH]ncc2cc1Nc1ncnc2sc3c(c12)CC[C@H](C(=O)N(C)C)C3. The lowest BCUT2D eigenvalue weighted by Crippen LogP contribution is -2.32. The van der Waals surface area contributed by atoms with Crippen molar-refractivity contribution < 1.29 is 9.53 Å². The van der Waals surface area contributed by atoms with E-state index in [2.05, 4.69) is 25.5 Å². The van der Waals surface area contributed by atoms with Gasteiger partial charge in [0.05, 0.1) is 22.8 Å². The minimum absolute atomic E-state index is 0.0196. The lowest BCUT2D eigenvalue weighted by molar-refractivity contribution is -0.133. The third-order valence-corrected chi connectivity index (χ3v) is 7.25. The highest BCUT2D eigenvalue weighted by molar-refractivity contribution is 7.19. The Morgan fingerprint density at radius 2 is 2.24 bits per heavy atom. The van der Waals surface area contributed by atoms with Crippen LogP contribution in [0.4, 0.5) is 11.5 Å². The molecule has 1 amide bonds. The molecule has 0 fully saturated rings. The van der Waals surface area contributed by atoms with Crippen LogP contribution in [0.3, 0.4) is 0 Å². The van der Waals surface area contributed by atoms with E-state index in [9.17, 15) is 4.79 Å². The Balaban J connectivity index is 1.54. The van der Waals surface area contributed by atoms with Crippen molar-refractivity contribution in [3.8, 4) is 5.75 Å². The molecule has 4 aromatic rings. The van der Waals surface area contributed by atoms with Gasteiger partial charge in [-0.15, -0.1) is 11.3 Å². The molecule has 5 rings (SSSR count). The second kappa shape index (κ2) is 8.60. The van der Waals surface area contributed by atoms with Gasteiger partial charge in [-0.05, 0) is 37.8 Å². The fourth-order valence-corrected chi connectivity index (χ4v) is 5.61. The molecular weight excluding hydrogens is 438 g/mol. The number of H-pyrrole nitrogens is 1. The number of aromatic amines is 1. The molecule has 10 heteroatoms. The number of carbonyl (C=O) groups is 1. The molecule has 3 heterocycles. The molecule has 172 valence electrons. The molecule has 4 N–H and O–H groups in total. The number of anilines is 2. The predicted octanol–water partition coefficient (Wildman–Crippen LogP) is 3.23. The van der Waals surface area contributed by atoms with Crippen molar-refractivity contribution in [3.63, 3.8) is 0 Å². The zero-order valence-corrected chi connectivity index (χ0v) is 19.7. The first-order valence-corrected chi connectivity index (χ1v) is 11.8. The zero-order chi connectivity index (χ0) is 23.1. The Hall–Kier alpha value is -3.24. The van der Waals surface area contributed by atoms with Crippen LogP contribution in [0.15, 0.2) is 24.7 Å². The van der Waals surface area contributed by atoms with Gasteiger partial charge in [-0.25, -0.2) is 9.97 Å². The Bertz CT molecular complexity index is 1330. The van der Waals surface area contributed by atoms with E-state index in [4.69, 9.17) is 10.5 Å². The number of thiophene rings is 1. The van der Waals surface area contributed by atoms with Gasteiger partial charge >= 0.3 is 0 Å². The van der Waals surface area contributed by atoms with Crippen LogP contribution in [0.1, 0.15) is 23.8 Å². The molecule has 0 aliphatic heterocycles. The number of fused-ring (bicyclic) bond motifs is 4. The number of aryl methyl sites for hydroxylation is 1. The van der Waals surface area contributed by atoms with E-state index >= 15 is 0 Å². The molecule has 2 atom stereocenters. The average Bonchev–Trinajstić information content (AvgIpc) is 3.42. The van der Waals surface area contributed by atoms with Gasteiger partial charge in [-0.2, -0.15) is 5.10 Å². The van der Waals surface area contributed by atoms with Gasteiger partial charge in [0, 0.05) is 42.9 Å². The second-order valence-corrected chi connectivity index (χ2v) is 9.76. The first kappa shape index (κ1) is 21.6. The van der Waals surface area contributed by atoms with Crippen LogP contribution >= 0.6 is 11.3 Å². The second-order valence-electron chi connectivity index (χ2n) is 8.67. The van der Waals surface area contributed by atoms with Crippen molar-refractivity contribution >= 4 is 49.9 Å². The van der Waals surface area contributed by atoms with Gasteiger partial charge in [0.15, 0.2) is 0 Å². The molecule has 1 aliphatic rings. The number of ether oxygens (including phenoxy) is 1. The van der Waals surface area contributed by atoms with E-state index in [0.29, 0.717) is 12.3 Å². The number of rotatable bonds is 6. The molecule has 0 spiro atoms. The van der Waals surface area contributed by atoms with Gasteiger partial charge in [-0.1, -0.05) is 0 Å². The van der Waals surface area contributed by atoms with E-state index in [0.717, 1.165) is 51.9 Å². The molecule has 1 aromatic carbocycles. The fraction of sp³-hybridized carbons (Fsp3) is 0.391.